The van der Waals surface area contributed by atoms with Crippen molar-refractivity contribution < 1.29 is 24.2 Å². The number of amides is 1. The molecule has 1 N–H and O–H groups in total. The van der Waals surface area contributed by atoms with Gasteiger partial charge in [-0.05, 0) is 37.1 Å². The fraction of sp³-hybridized carbons (Fsp3) is 0.500. The summed E-state index contributed by atoms with van der Waals surface area (Å²) in [7, 11) is 3.15. The summed E-state index contributed by atoms with van der Waals surface area (Å²) in [6, 6.07) is 4.91. The Labute approximate surface area is 129 Å². The van der Waals surface area contributed by atoms with Gasteiger partial charge < -0.3 is 19.5 Å². The lowest BCUT2D eigenvalue weighted by Gasteiger charge is -2.24. The lowest BCUT2D eigenvalue weighted by atomic mass is 10.1. The summed E-state index contributed by atoms with van der Waals surface area (Å²) >= 11 is 0. The van der Waals surface area contributed by atoms with E-state index in [2.05, 4.69) is 0 Å². The number of carbonyl (C=O) groups is 2. The molecule has 2 atom stereocenters. The third-order valence-corrected chi connectivity index (χ3v) is 4.04. The van der Waals surface area contributed by atoms with E-state index in [1.807, 2.05) is 6.92 Å². The van der Waals surface area contributed by atoms with Gasteiger partial charge in [-0.2, -0.15) is 0 Å². The molecule has 6 heteroatoms. The number of ether oxygens (including phenoxy) is 2. The first-order chi connectivity index (χ1) is 10.5. The summed E-state index contributed by atoms with van der Waals surface area (Å²) in [5, 5.41) is 9.03. The van der Waals surface area contributed by atoms with E-state index in [1.165, 1.54) is 0 Å². The van der Waals surface area contributed by atoms with Crippen LogP contribution in [0.1, 0.15) is 28.8 Å². The SMILES string of the molecule is COc1ccc(C(=O)N2CC(OC)CC2CC(=O)O)c(C)c1. The van der Waals surface area contributed by atoms with Gasteiger partial charge in [0.2, 0.25) is 0 Å². The molecule has 1 aliphatic heterocycles. The van der Waals surface area contributed by atoms with Crippen LogP contribution in [0.4, 0.5) is 0 Å². The van der Waals surface area contributed by atoms with Gasteiger partial charge >= 0.3 is 5.97 Å². The third-order valence-electron chi connectivity index (χ3n) is 4.04. The second-order valence-electron chi connectivity index (χ2n) is 5.48. The minimum atomic E-state index is -0.911. The zero-order valence-electron chi connectivity index (χ0n) is 13.0. The molecule has 1 fully saturated rings. The summed E-state index contributed by atoms with van der Waals surface area (Å²) in [5.41, 5.74) is 1.37. The second-order valence-corrected chi connectivity index (χ2v) is 5.48. The van der Waals surface area contributed by atoms with Crippen molar-refractivity contribution in [2.75, 3.05) is 20.8 Å². The summed E-state index contributed by atoms with van der Waals surface area (Å²) < 4.78 is 10.4. The lowest BCUT2D eigenvalue weighted by Crippen LogP contribution is -2.37. The van der Waals surface area contributed by atoms with E-state index in [4.69, 9.17) is 14.6 Å². The van der Waals surface area contributed by atoms with E-state index in [-0.39, 0.29) is 24.5 Å². The van der Waals surface area contributed by atoms with Crippen LogP contribution in [0.5, 0.6) is 5.75 Å². The van der Waals surface area contributed by atoms with Gasteiger partial charge in [-0.25, -0.2) is 0 Å². The maximum atomic E-state index is 12.8. The summed E-state index contributed by atoms with van der Waals surface area (Å²) in [6.07, 6.45) is 0.358. The Hall–Kier alpha value is -2.08. The molecular formula is C16H21NO5. The fourth-order valence-electron chi connectivity index (χ4n) is 2.85. The Balaban J connectivity index is 2.24. The predicted octanol–water partition coefficient (Wildman–Crippen LogP) is 1.71. The maximum absolute atomic E-state index is 12.8. The van der Waals surface area contributed by atoms with Crippen LogP contribution < -0.4 is 4.74 Å². The number of hydrogen-bond acceptors (Lipinski definition) is 4. The predicted molar refractivity (Wildman–Crippen MR) is 80.2 cm³/mol. The van der Waals surface area contributed by atoms with Crippen LogP contribution in [-0.2, 0) is 9.53 Å². The highest BCUT2D eigenvalue weighted by molar-refractivity contribution is 5.96. The molecule has 6 nitrogen and oxygen atoms in total. The molecule has 22 heavy (non-hydrogen) atoms. The Morgan fingerprint density at radius 1 is 1.36 bits per heavy atom. The number of carboxylic acid groups (broad SMARTS) is 1. The number of methoxy groups -OCH3 is 2. The molecule has 0 aliphatic carbocycles. The van der Waals surface area contributed by atoms with Crippen molar-refractivity contribution >= 4 is 11.9 Å². The van der Waals surface area contributed by atoms with E-state index in [0.29, 0.717) is 24.3 Å². The van der Waals surface area contributed by atoms with Crippen molar-refractivity contribution in [3.8, 4) is 5.75 Å². The molecule has 1 heterocycles. The van der Waals surface area contributed by atoms with Crippen molar-refractivity contribution in [3.05, 3.63) is 29.3 Å². The van der Waals surface area contributed by atoms with Crippen molar-refractivity contribution in [2.24, 2.45) is 0 Å². The van der Waals surface area contributed by atoms with Gasteiger partial charge in [-0.15, -0.1) is 0 Å². The summed E-state index contributed by atoms with van der Waals surface area (Å²) in [4.78, 5) is 25.4. The van der Waals surface area contributed by atoms with Crippen molar-refractivity contribution in [3.63, 3.8) is 0 Å². The lowest BCUT2D eigenvalue weighted by molar-refractivity contribution is -0.137. The first-order valence-electron chi connectivity index (χ1n) is 7.16. The van der Waals surface area contributed by atoms with E-state index >= 15 is 0 Å². The number of nitrogens with zero attached hydrogens (tertiary/aromatic N) is 1. The van der Waals surface area contributed by atoms with E-state index < -0.39 is 5.97 Å². The van der Waals surface area contributed by atoms with Gasteiger partial charge in [0.05, 0.1) is 19.6 Å². The monoisotopic (exact) mass is 307 g/mol. The quantitative estimate of drug-likeness (QED) is 0.896. The van der Waals surface area contributed by atoms with Gasteiger partial charge in [-0.3, -0.25) is 9.59 Å². The smallest absolute Gasteiger partial charge is 0.305 e. The van der Waals surface area contributed by atoms with Crippen LogP contribution in [0.25, 0.3) is 0 Å². The molecule has 0 spiro atoms. The Bertz CT molecular complexity index is 572. The molecule has 120 valence electrons. The van der Waals surface area contributed by atoms with Gasteiger partial charge in [0, 0.05) is 25.3 Å². The zero-order valence-corrected chi connectivity index (χ0v) is 13.0. The molecule has 0 aromatic heterocycles. The average molecular weight is 307 g/mol. The minimum absolute atomic E-state index is 0.0686. The number of hydrogen-bond donors (Lipinski definition) is 1. The zero-order chi connectivity index (χ0) is 16.3. The molecule has 2 unspecified atom stereocenters. The van der Waals surface area contributed by atoms with E-state index in [1.54, 1.807) is 37.3 Å². The molecular weight excluding hydrogens is 286 g/mol. The highest BCUT2D eigenvalue weighted by Gasteiger charge is 2.37. The standard InChI is InChI=1S/C16H21NO5/c1-10-6-12(21-2)4-5-14(10)16(20)17-9-13(22-3)7-11(17)8-15(18)19/h4-6,11,13H,7-9H2,1-3H3,(H,18,19). The molecule has 0 bridgehead atoms. The van der Waals surface area contributed by atoms with Crippen molar-refractivity contribution in [1.29, 1.82) is 0 Å². The van der Waals surface area contributed by atoms with Crippen LogP contribution in [-0.4, -0.2) is 54.8 Å². The van der Waals surface area contributed by atoms with Gasteiger partial charge in [0.15, 0.2) is 0 Å². The average Bonchev–Trinajstić information content (AvgIpc) is 2.88. The Morgan fingerprint density at radius 2 is 2.09 bits per heavy atom. The molecule has 1 aromatic rings. The number of benzene rings is 1. The van der Waals surface area contributed by atoms with Crippen molar-refractivity contribution in [1.82, 2.24) is 4.90 Å². The number of carboxylic acids is 1. The molecule has 1 amide bonds. The van der Waals surface area contributed by atoms with Crippen LogP contribution in [0, 0.1) is 6.92 Å². The highest BCUT2D eigenvalue weighted by Crippen LogP contribution is 2.26. The summed E-state index contributed by atoms with van der Waals surface area (Å²) in [5.74, 6) is -0.385. The molecule has 0 saturated carbocycles. The molecule has 0 radical (unpaired) electrons. The number of rotatable bonds is 5. The van der Waals surface area contributed by atoms with Crippen molar-refractivity contribution in [2.45, 2.75) is 31.9 Å². The fourth-order valence-corrected chi connectivity index (χ4v) is 2.85. The second kappa shape index (κ2) is 6.79. The normalized spacial score (nSPS) is 21.0. The Morgan fingerprint density at radius 3 is 2.64 bits per heavy atom. The van der Waals surface area contributed by atoms with Crippen LogP contribution >= 0.6 is 0 Å². The van der Waals surface area contributed by atoms with E-state index in [9.17, 15) is 9.59 Å². The first-order valence-corrected chi connectivity index (χ1v) is 7.16. The van der Waals surface area contributed by atoms with Crippen LogP contribution in [0.2, 0.25) is 0 Å². The van der Waals surface area contributed by atoms with Gasteiger partial charge in [0.1, 0.15) is 5.75 Å². The molecule has 2 rings (SSSR count). The molecule has 1 aliphatic rings. The number of aryl methyl sites for hydroxylation is 1. The van der Waals surface area contributed by atoms with Crippen LogP contribution in [0.15, 0.2) is 18.2 Å². The maximum Gasteiger partial charge on any atom is 0.305 e. The molecule has 1 saturated heterocycles. The Kier molecular flexibility index (Phi) is 5.03. The number of aliphatic carboxylic acids is 1. The number of carbonyl (C=O) groups excluding carboxylic acids is 1. The van der Waals surface area contributed by atoms with Gasteiger partial charge in [-0.1, -0.05) is 0 Å². The number of likely N-dealkylation sites (tertiary alicyclic amines) is 1. The van der Waals surface area contributed by atoms with Gasteiger partial charge in [0.25, 0.3) is 5.91 Å². The topological polar surface area (TPSA) is 76.1 Å². The van der Waals surface area contributed by atoms with Crippen LogP contribution in [0.3, 0.4) is 0 Å². The minimum Gasteiger partial charge on any atom is -0.497 e. The first kappa shape index (κ1) is 16.3. The molecule has 1 aromatic carbocycles. The van der Waals surface area contributed by atoms with E-state index in [0.717, 1.165) is 5.56 Å². The third kappa shape index (κ3) is 3.39. The summed E-state index contributed by atoms with van der Waals surface area (Å²) in [6.45, 7) is 2.25. The largest absolute Gasteiger partial charge is 0.497 e. The highest BCUT2D eigenvalue weighted by atomic mass is 16.5.